The van der Waals surface area contributed by atoms with Gasteiger partial charge >= 0.3 is 0 Å². The average Bonchev–Trinajstić information content (AvgIpc) is 2.71. The molecule has 2 aromatic carbocycles. The molecule has 0 spiro atoms. The summed E-state index contributed by atoms with van der Waals surface area (Å²) >= 11 is 0. The summed E-state index contributed by atoms with van der Waals surface area (Å²) in [6.45, 7) is 7.21. The third kappa shape index (κ3) is 6.14. The Morgan fingerprint density at radius 2 is 1.60 bits per heavy atom. The topological polar surface area (TPSA) is 86.7 Å². The molecule has 0 unspecified atom stereocenters. The standard InChI is InChI=1S/C23H32N2O4S/c1-16-11-13-21(14-12-16)30(28,29)24-18(3)15-17(2)23(27)25(5)19(4)22(26)20-9-7-6-8-10-20/h6-14,17-19,22,24,26H,15H2,1-5H3/t17-,18+,19+,22-/m1/s1. The van der Waals surface area contributed by atoms with Crippen LogP contribution in [0.1, 0.15) is 44.4 Å². The quantitative estimate of drug-likeness (QED) is 0.637. The number of benzene rings is 2. The van der Waals surface area contributed by atoms with Gasteiger partial charge in [-0.3, -0.25) is 4.79 Å². The second-order valence-electron chi connectivity index (χ2n) is 8.02. The lowest BCUT2D eigenvalue weighted by Gasteiger charge is -2.32. The summed E-state index contributed by atoms with van der Waals surface area (Å²) < 4.78 is 27.8. The third-order valence-corrected chi connectivity index (χ3v) is 6.98. The van der Waals surface area contributed by atoms with Gasteiger partial charge in [-0.15, -0.1) is 0 Å². The van der Waals surface area contributed by atoms with Crippen LogP contribution in [-0.4, -0.2) is 43.5 Å². The van der Waals surface area contributed by atoms with Gasteiger partial charge in [-0.05, 0) is 44.9 Å². The lowest BCUT2D eigenvalue weighted by molar-refractivity contribution is -0.138. The number of carbonyl (C=O) groups excluding carboxylic acids is 1. The van der Waals surface area contributed by atoms with Crippen LogP contribution in [0.4, 0.5) is 0 Å². The van der Waals surface area contributed by atoms with E-state index in [1.807, 2.05) is 37.3 Å². The van der Waals surface area contributed by atoms with Crippen LogP contribution in [-0.2, 0) is 14.8 Å². The van der Waals surface area contributed by atoms with Crippen molar-refractivity contribution in [2.45, 2.75) is 57.2 Å². The first-order valence-electron chi connectivity index (χ1n) is 10.1. The zero-order valence-corrected chi connectivity index (χ0v) is 19.1. The average molecular weight is 433 g/mol. The Bertz CT molecular complexity index is 929. The van der Waals surface area contributed by atoms with Crippen LogP contribution in [0.2, 0.25) is 0 Å². The zero-order valence-electron chi connectivity index (χ0n) is 18.2. The lowest BCUT2D eigenvalue weighted by atomic mass is 9.98. The van der Waals surface area contributed by atoms with Crippen LogP contribution in [0, 0.1) is 12.8 Å². The zero-order chi connectivity index (χ0) is 22.5. The Morgan fingerprint density at radius 1 is 1.03 bits per heavy atom. The number of hydrogen-bond donors (Lipinski definition) is 2. The molecule has 164 valence electrons. The van der Waals surface area contributed by atoms with E-state index in [-0.39, 0.29) is 10.8 Å². The van der Waals surface area contributed by atoms with E-state index in [0.29, 0.717) is 6.42 Å². The second kappa shape index (κ2) is 10.2. The highest BCUT2D eigenvalue weighted by atomic mass is 32.2. The number of aliphatic hydroxyl groups excluding tert-OH is 1. The highest BCUT2D eigenvalue weighted by molar-refractivity contribution is 7.89. The fourth-order valence-electron chi connectivity index (χ4n) is 3.42. The van der Waals surface area contributed by atoms with Gasteiger partial charge in [0.1, 0.15) is 0 Å². The van der Waals surface area contributed by atoms with E-state index >= 15 is 0 Å². The van der Waals surface area contributed by atoms with E-state index in [4.69, 9.17) is 0 Å². The summed E-state index contributed by atoms with van der Waals surface area (Å²) in [6.07, 6.45) is -0.451. The van der Waals surface area contributed by atoms with Crippen molar-refractivity contribution < 1.29 is 18.3 Å². The van der Waals surface area contributed by atoms with E-state index in [9.17, 15) is 18.3 Å². The lowest BCUT2D eigenvalue weighted by Crippen LogP contribution is -2.43. The van der Waals surface area contributed by atoms with Gasteiger partial charge in [0.2, 0.25) is 15.9 Å². The van der Waals surface area contributed by atoms with E-state index in [1.165, 1.54) is 4.90 Å². The fraction of sp³-hybridized carbons (Fsp3) is 0.435. The minimum absolute atomic E-state index is 0.140. The number of nitrogens with zero attached hydrogens (tertiary/aromatic N) is 1. The number of hydrogen-bond acceptors (Lipinski definition) is 4. The predicted octanol–water partition coefficient (Wildman–Crippen LogP) is 3.27. The SMILES string of the molecule is Cc1ccc(S(=O)(=O)N[C@@H](C)C[C@@H](C)C(=O)N(C)[C@@H](C)[C@@H](O)c2ccccc2)cc1. The Kier molecular flexibility index (Phi) is 8.18. The molecule has 2 aromatic rings. The molecular formula is C23H32N2O4S. The van der Waals surface area contributed by atoms with Crippen molar-refractivity contribution in [3.63, 3.8) is 0 Å². The number of likely N-dealkylation sites (N-methyl/N-ethyl adjacent to an activating group) is 1. The highest BCUT2D eigenvalue weighted by Crippen LogP contribution is 2.22. The molecule has 30 heavy (non-hydrogen) atoms. The molecule has 2 N–H and O–H groups in total. The number of amides is 1. The first kappa shape index (κ1) is 24.1. The summed E-state index contributed by atoms with van der Waals surface area (Å²) in [5.41, 5.74) is 1.73. The van der Waals surface area contributed by atoms with Crippen LogP contribution < -0.4 is 4.72 Å². The van der Waals surface area contributed by atoms with Crippen molar-refractivity contribution in [1.29, 1.82) is 0 Å². The van der Waals surface area contributed by atoms with E-state index in [0.717, 1.165) is 11.1 Å². The summed E-state index contributed by atoms with van der Waals surface area (Å²) in [7, 11) is -1.99. The van der Waals surface area contributed by atoms with Crippen molar-refractivity contribution in [3.8, 4) is 0 Å². The second-order valence-corrected chi connectivity index (χ2v) is 9.73. The molecule has 0 radical (unpaired) electrons. The smallest absolute Gasteiger partial charge is 0.240 e. The fourth-order valence-corrected chi connectivity index (χ4v) is 4.67. The van der Waals surface area contributed by atoms with E-state index in [2.05, 4.69) is 4.72 Å². The number of rotatable bonds is 9. The monoisotopic (exact) mass is 432 g/mol. The number of aliphatic hydroxyl groups is 1. The normalized spacial score (nSPS) is 15.8. The van der Waals surface area contributed by atoms with Crippen molar-refractivity contribution in [2.24, 2.45) is 5.92 Å². The molecule has 0 aliphatic rings. The number of aryl methyl sites for hydroxylation is 1. The highest BCUT2D eigenvalue weighted by Gasteiger charge is 2.28. The Morgan fingerprint density at radius 3 is 2.17 bits per heavy atom. The summed E-state index contributed by atoms with van der Waals surface area (Å²) in [6, 6.07) is 15.0. The number of carbonyl (C=O) groups is 1. The largest absolute Gasteiger partial charge is 0.386 e. The molecule has 4 atom stereocenters. The molecule has 0 aliphatic heterocycles. The maximum atomic E-state index is 12.9. The van der Waals surface area contributed by atoms with Crippen LogP contribution >= 0.6 is 0 Å². The molecule has 0 fully saturated rings. The van der Waals surface area contributed by atoms with Crippen molar-refractivity contribution >= 4 is 15.9 Å². The molecule has 7 heteroatoms. The molecule has 2 rings (SSSR count). The summed E-state index contributed by atoms with van der Waals surface area (Å²) in [4.78, 5) is 14.6. The molecular weight excluding hydrogens is 400 g/mol. The minimum Gasteiger partial charge on any atom is -0.386 e. The Balaban J connectivity index is 1.97. The van der Waals surface area contributed by atoms with Crippen LogP contribution in [0.15, 0.2) is 59.5 Å². The Hall–Kier alpha value is -2.22. The minimum atomic E-state index is -3.65. The van der Waals surface area contributed by atoms with Gasteiger partial charge in [-0.25, -0.2) is 13.1 Å². The van der Waals surface area contributed by atoms with Crippen LogP contribution in [0.25, 0.3) is 0 Å². The summed E-state index contributed by atoms with van der Waals surface area (Å²) in [5.74, 6) is -0.546. The van der Waals surface area contributed by atoms with Crippen molar-refractivity contribution in [3.05, 3.63) is 65.7 Å². The molecule has 0 aromatic heterocycles. The van der Waals surface area contributed by atoms with Gasteiger partial charge in [-0.1, -0.05) is 55.0 Å². The molecule has 6 nitrogen and oxygen atoms in total. The molecule has 0 aliphatic carbocycles. The maximum Gasteiger partial charge on any atom is 0.240 e. The van der Waals surface area contributed by atoms with Crippen LogP contribution in [0.5, 0.6) is 0 Å². The predicted molar refractivity (Wildman–Crippen MR) is 118 cm³/mol. The molecule has 0 bridgehead atoms. The Labute approximate surface area is 180 Å². The first-order chi connectivity index (χ1) is 14.0. The van der Waals surface area contributed by atoms with Gasteiger partial charge in [0.25, 0.3) is 0 Å². The van der Waals surface area contributed by atoms with Gasteiger partial charge in [0.15, 0.2) is 0 Å². The van der Waals surface area contributed by atoms with Gasteiger partial charge in [0.05, 0.1) is 17.0 Å². The number of sulfonamides is 1. The van der Waals surface area contributed by atoms with Crippen molar-refractivity contribution in [2.75, 3.05) is 7.05 Å². The maximum absolute atomic E-state index is 12.9. The molecule has 0 saturated heterocycles. The van der Waals surface area contributed by atoms with E-state index in [1.54, 1.807) is 52.1 Å². The van der Waals surface area contributed by atoms with Gasteiger partial charge in [0, 0.05) is 19.0 Å². The molecule has 0 heterocycles. The molecule has 1 amide bonds. The number of nitrogens with one attached hydrogen (secondary N) is 1. The first-order valence-corrected chi connectivity index (χ1v) is 11.6. The third-order valence-electron chi connectivity index (χ3n) is 5.37. The summed E-state index contributed by atoms with van der Waals surface area (Å²) in [5, 5.41) is 10.6. The van der Waals surface area contributed by atoms with E-state index < -0.39 is 34.1 Å². The van der Waals surface area contributed by atoms with Gasteiger partial charge < -0.3 is 10.0 Å². The van der Waals surface area contributed by atoms with Crippen molar-refractivity contribution in [1.82, 2.24) is 9.62 Å². The van der Waals surface area contributed by atoms with Crippen LogP contribution in [0.3, 0.4) is 0 Å². The van der Waals surface area contributed by atoms with Gasteiger partial charge in [-0.2, -0.15) is 0 Å². The molecule has 0 saturated carbocycles.